The standard InChI is InChI=1S/C12H23N3/c1-8(2)7-11(13-5)12-9(3)14-15(6)10(12)4/h8,11,13H,7H2,1-6H3. The highest BCUT2D eigenvalue weighted by molar-refractivity contribution is 5.28. The molecule has 0 fully saturated rings. The van der Waals surface area contributed by atoms with Crippen LogP contribution in [0.3, 0.4) is 0 Å². The van der Waals surface area contributed by atoms with Crippen molar-refractivity contribution in [1.82, 2.24) is 15.1 Å². The Morgan fingerprint density at radius 2 is 1.93 bits per heavy atom. The number of aryl methyl sites for hydroxylation is 2. The van der Waals surface area contributed by atoms with Gasteiger partial charge in [0, 0.05) is 24.3 Å². The van der Waals surface area contributed by atoms with Crippen molar-refractivity contribution in [3.8, 4) is 0 Å². The summed E-state index contributed by atoms with van der Waals surface area (Å²) in [7, 11) is 4.03. The molecule has 86 valence electrons. The summed E-state index contributed by atoms with van der Waals surface area (Å²) >= 11 is 0. The quantitative estimate of drug-likeness (QED) is 0.825. The summed E-state index contributed by atoms with van der Waals surface area (Å²) in [6, 6.07) is 0.429. The van der Waals surface area contributed by atoms with E-state index in [0.717, 1.165) is 12.1 Å². The first-order chi connectivity index (χ1) is 6.97. The second-order valence-corrected chi connectivity index (χ2v) is 4.68. The molecule has 0 saturated carbocycles. The SMILES string of the molecule is CNC(CC(C)C)c1c(C)nn(C)c1C. The molecule has 1 rings (SSSR count). The van der Waals surface area contributed by atoms with Gasteiger partial charge < -0.3 is 5.32 Å². The molecule has 1 atom stereocenters. The maximum absolute atomic E-state index is 4.46. The largest absolute Gasteiger partial charge is 0.313 e. The molecule has 3 nitrogen and oxygen atoms in total. The highest BCUT2D eigenvalue weighted by atomic mass is 15.3. The lowest BCUT2D eigenvalue weighted by Crippen LogP contribution is -2.19. The normalized spacial score (nSPS) is 13.5. The van der Waals surface area contributed by atoms with Gasteiger partial charge in [-0.15, -0.1) is 0 Å². The summed E-state index contributed by atoms with van der Waals surface area (Å²) in [5, 5.41) is 7.85. The Balaban J connectivity index is 3.00. The second kappa shape index (κ2) is 4.79. The molecule has 0 aliphatic rings. The fraction of sp³-hybridized carbons (Fsp3) is 0.750. The minimum absolute atomic E-state index is 0.429. The maximum atomic E-state index is 4.46. The molecular formula is C12H23N3. The van der Waals surface area contributed by atoms with Crippen molar-refractivity contribution in [2.24, 2.45) is 13.0 Å². The number of hydrogen-bond donors (Lipinski definition) is 1. The first-order valence-electron chi connectivity index (χ1n) is 5.64. The molecule has 1 aromatic rings. The topological polar surface area (TPSA) is 29.9 Å². The Morgan fingerprint density at radius 3 is 2.27 bits per heavy atom. The smallest absolute Gasteiger partial charge is 0.0644 e. The van der Waals surface area contributed by atoms with Crippen LogP contribution in [-0.4, -0.2) is 16.8 Å². The van der Waals surface area contributed by atoms with Gasteiger partial charge in [-0.25, -0.2) is 0 Å². The van der Waals surface area contributed by atoms with Crippen LogP contribution in [-0.2, 0) is 7.05 Å². The molecular weight excluding hydrogens is 186 g/mol. The van der Waals surface area contributed by atoms with Gasteiger partial charge in [0.1, 0.15) is 0 Å². The van der Waals surface area contributed by atoms with Crippen LogP contribution >= 0.6 is 0 Å². The zero-order valence-corrected chi connectivity index (χ0v) is 10.8. The van der Waals surface area contributed by atoms with Crippen LogP contribution in [0.25, 0.3) is 0 Å². The average molecular weight is 209 g/mol. The lowest BCUT2D eigenvalue weighted by atomic mass is 9.96. The summed E-state index contributed by atoms with van der Waals surface area (Å²) in [5.41, 5.74) is 3.79. The zero-order chi connectivity index (χ0) is 11.6. The van der Waals surface area contributed by atoms with Crippen LogP contribution in [0.15, 0.2) is 0 Å². The molecule has 0 bridgehead atoms. The van der Waals surface area contributed by atoms with E-state index in [9.17, 15) is 0 Å². The Morgan fingerprint density at radius 1 is 1.33 bits per heavy atom. The van der Waals surface area contributed by atoms with Gasteiger partial charge in [0.2, 0.25) is 0 Å². The average Bonchev–Trinajstić information content (AvgIpc) is 2.38. The van der Waals surface area contributed by atoms with E-state index < -0.39 is 0 Å². The van der Waals surface area contributed by atoms with E-state index in [4.69, 9.17) is 0 Å². The minimum Gasteiger partial charge on any atom is -0.313 e. The first-order valence-corrected chi connectivity index (χ1v) is 5.64. The molecule has 0 amide bonds. The van der Waals surface area contributed by atoms with Crippen LogP contribution in [0.4, 0.5) is 0 Å². The zero-order valence-electron chi connectivity index (χ0n) is 10.8. The summed E-state index contributed by atoms with van der Waals surface area (Å²) in [6.07, 6.45) is 1.16. The lowest BCUT2D eigenvalue weighted by molar-refractivity contribution is 0.453. The predicted octanol–water partition coefficient (Wildman–Crippen LogP) is 2.34. The van der Waals surface area contributed by atoms with E-state index >= 15 is 0 Å². The Kier molecular flexibility index (Phi) is 3.91. The molecule has 0 spiro atoms. The van der Waals surface area contributed by atoms with Crippen molar-refractivity contribution < 1.29 is 0 Å². The van der Waals surface area contributed by atoms with Crippen molar-refractivity contribution in [2.45, 2.75) is 40.2 Å². The fourth-order valence-electron chi connectivity index (χ4n) is 2.15. The third kappa shape index (κ3) is 2.59. The van der Waals surface area contributed by atoms with Gasteiger partial charge >= 0.3 is 0 Å². The van der Waals surface area contributed by atoms with Crippen molar-refractivity contribution in [1.29, 1.82) is 0 Å². The molecule has 1 heterocycles. The van der Waals surface area contributed by atoms with Crippen LogP contribution < -0.4 is 5.32 Å². The molecule has 0 aromatic carbocycles. The maximum Gasteiger partial charge on any atom is 0.0644 e. The van der Waals surface area contributed by atoms with Gasteiger partial charge in [-0.2, -0.15) is 5.10 Å². The molecule has 1 N–H and O–H groups in total. The third-order valence-electron chi connectivity index (χ3n) is 2.97. The molecule has 15 heavy (non-hydrogen) atoms. The predicted molar refractivity (Wildman–Crippen MR) is 63.9 cm³/mol. The molecule has 1 unspecified atom stereocenters. The van der Waals surface area contributed by atoms with Gasteiger partial charge in [0.05, 0.1) is 5.69 Å². The van der Waals surface area contributed by atoms with Crippen molar-refractivity contribution in [3.63, 3.8) is 0 Å². The van der Waals surface area contributed by atoms with Gasteiger partial charge in [0.15, 0.2) is 0 Å². The molecule has 3 heteroatoms. The van der Waals surface area contributed by atoms with Crippen LogP contribution in [0.1, 0.15) is 43.3 Å². The monoisotopic (exact) mass is 209 g/mol. The van der Waals surface area contributed by atoms with E-state index in [1.54, 1.807) is 0 Å². The molecule has 0 radical (unpaired) electrons. The van der Waals surface area contributed by atoms with E-state index in [0.29, 0.717) is 12.0 Å². The Labute approximate surface area is 92.9 Å². The van der Waals surface area contributed by atoms with Crippen LogP contribution in [0, 0.1) is 19.8 Å². The molecule has 0 saturated heterocycles. The lowest BCUT2D eigenvalue weighted by Gasteiger charge is -2.19. The van der Waals surface area contributed by atoms with Crippen LogP contribution in [0.2, 0.25) is 0 Å². The van der Waals surface area contributed by atoms with Crippen molar-refractivity contribution >= 4 is 0 Å². The van der Waals surface area contributed by atoms with E-state index in [1.807, 2.05) is 18.8 Å². The highest BCUT2D eigenvalue weighted by Crippen LogP contribution is 2.26. The van der Waals surface area contributed by atoms with Gasteiger partial charge in [-0.05, 0) is 33.2 Å². The fourth-order valence-corrected chi connectivity index (χ4v) is 2.15. The Hall–Kier alpha value is -0.830. The summed E-state index contributed by atoms with van der Waals surface area (Å²) in [5.74, 6) is 0.696. The summed E-state index contributed by atoms with van der Waals surface area (Å²) < 4.78 is 1.97. The van der Waals surface area contributed by atoms with Gasteiger partial charge in [-0.3, -0.25) is 4.68 Å². The number of rotatable bonds is 4. The number of nitrogens with zero attached hydrogens (tertiary/aromatic N) is 2. The number of nitrogens with one attached hydrogen (secondary N) is 1. The first kappa shape index (κ1) is 12.2. The van der Waals surface area contributed by atoms with Crippen LogP contribution in [0.5, 0.6) is 0 Å². The Bertz CT molecular complexity index is 326. The summed E-state index contributed by atoms with van der Waals surface area (Å²) in [6.45, 7) is 8.74. The van der Waals surface area contributed by atoms with E-state index in [2.05, 4.69) is 38.1 Å². The van der Waals surface area contributed by atoms with Gasteiger partial charge in [-0.1, -0.05) is 13.8 Å². The van der Waals surface area contributed by atoms with E-state index in [-0.39, 0.29) is 0 Å². The molecule has 1 aromatic heterocycles. The van der Waals surface area contributed by atoms with Crippen molar-refractivity contribution in [2.75, 3.05) is 7.05 Å². The van der Waals surface area contributed by atoms with Crippen molar-refractivity contribution in [3.05, 3.63) is 17.0 Å². The highest BCUT2D eigenvalue weighted by Gasteiger charge is 2.19. The summed E-state index contributed by atoms with van der Waals surface area (Å²) in [4.78, 5) is 0. The second-order valence-electron chi connectivity index (χ2n) is 4.68. The van der Waals surface area contributed by atoms with Gasteiger partial charge in [0.25, 0.3) is 0 Å². The number of hydrogen-bond acceptors (Lipinski definition) is 2. The third-order valence-corrected chi connectivity index (χ3v) is 2.97. The molecule has 0 aliphatic heterocycles. The molecule has 0 aliphatic carbocycles. The minimum atomic E-state index is 0.429. The van der Waals surface area contributed by atoms with E-state index in [1.165, 1.54) is 11.3 Å². The number of aromatic nitrogens is 2.